The molecule has 1 aromatic carbocycles. The molecule has 5 heteroatoms. The molecule has 2 N–H and O–H groups in total. The quantitative estimate of drug-likeness (QED) is 0.906. The van der Waals surface area contributed by atoms with Crippen molar-refractivity contribution in [3.05, 3.63) is 46.3 Å². The Bertz CT molecular complexity index is 790. The van der Waals surface area contributed by atoms with E-state index in [0.717, 1.165) is 41.8 Å². The summed E-state index contributed by atoms with van der Waals surface area (Å²) in [6, 6.07) is 6.27. The molecule has 0 aliphatic heterocycles. The largest absolute Gasteiger partial charge is 0.394 e. The molecule has 2 aromatic rings. The standard InChI is InChI=1S/C19H25N3O2/c1-12-8-9-15(13(2)10-12)22-16-7-5-6-14(16)17(21-22)18(24)20-19(3,4)11-23/h8-10,23H,5-7,11H2,1-4H3,(H,20,24). The second kappa shape index (κ2) is 6.06. The summed E-state index contributed by atoms with van der Waals surface area (Å²) in [5.74, 6) is -0.212. The summed E-state index contributed by atoms with van der Waals surface area (Å²) in [4.78, 5) is 12.7. The molecule has 128 valence electrons. The van der Waals surface area contributed by atoms with Crippen molar-refractivity contribution in [1.82, 2.24) is 15.1 Å². The highest BCUT2D eigenvalue weighted by Gasteiger charge is 2.29. The number of aryl methyl sites for hydroxylation is 2. The number of aliphatic hydroxyl groups excluding tert-OH is 1. The molecular formula is C19H25N3O2. The van der Waals surface area contributed by atoms with Crippen molar-refractivity contribution in [3.8, 4) is 5.69 Å². The molecule has 24 heavy (non-hydrogen) atoms. The minimum Gasteiger partial charge on any atom is -0.394 e. The van der Waals surface area contributed by atoms with Gasteiger partial charge in [0.05, 0.1) is 17.8 Å². The van der Waals surface area contributed by atoms with E-state index in [1.54, 1.807) is 13.8 Å². The van der Waals surface area contributed by atoms with Crippen LogP contribution in [0.2, 0.25) is 0 Å². The Kier molecular flexibility index (Phi) is 4.22. The fraction of sp³-hybridized carbons (Fsp3) is 0.474. The van der Waals surface area contributed by atoms with Gasteiger partial charge in [-0.3, -0.25) is 4.79 Å². The van der Waals surface area contributed by atoms with Crippen LogP contribution in [-0.4, -0.2) is 32.9 Å². The third-order valence-corrected chi connectivity index (χ3v) is 4.57. The fourth-order valence-corrected chi connectivity index (χ4v) is 3.27. The molecule has 0 unspecified atom stereocenters. The molecule has 1 amide bonds. The molecule has 0 saturated heterocycles. The summed E-state index contributed by atoms with van der Waals surface area (Å²) in [6.07, 6.45) is 2.86. The first-order chi connectivity index (χ1) is 11.3. The van der Waals surface area contributed by atoms with Crippen LogP contribution < -0.4 is 5.32 Å². The van der Waals surface area contributed by atoms with Crippen LogP contribution in [0.25, 0.3) is 5.69 Å². The first-order valence-electron chi connectivity index (χ1n) is 8.44. The lowest BCUT2D eigenvalue weighted by molar-refractivity contribution is 0.0863. The average molecular weight is 327 g/mol. The molecule has 0 radical (unpaired) electrons. The second-order valence-corrected chi connectivity index (χ2v) is 7.33. The molecule has 0 spiro atoms. The van der Waals surface area contributed by atoms with E-state index in [4.69, 9.17) is 0 Å². The van der Waals surface area contributed by atoms with Crippen molar-refractivity contribution in [2.24, 2.45) is 0 Å². The zero-order valence-electron chi connectivity index (χ0n) is 14.8. The number of carbonyl (C=O) groups is 1. The minimum absolute atomic E-state index is 0.112. The van der Waals surface area contributed by atoms with Gasteiger partial charge in [-0.25, -0.2) is 4.68 Å². The van der Waals surface area contributed by atoms with Gasteiger partial charge in [-0.1, -0.05) is 17.7 Å². The van der Waals surface area contributed by atoms with Crippen LogP contribution in [0.1, 0.15) is 53.1 Å². The summed E-state index contributed by atoms with van der Waals surface area (Å²) in [5.41, 5.74) is 5.39. The van der Waals surface area contributed by atoms with Gasteiger partial charge in [0.1, 0.15) is 0 Å². The smallest absolute Gasteiger partial charge is 0.272 e. The molecule has 0 saturated carbocycles. The topological polar surface area (TPSA) is 67.2 Å². The van der Waals surface area contributed by atoms with E-state index in [1.165, 1.54) is 5.56 Å². The fourth-order valence-electron chi connectivity index (χ4n) is 3.27. The number of carbonyl (C=O) groups excluding carboxylic acids is 1. The molecule has 1 heterocycles. The Hall–Kier alpha value is -2.14. The summed E-state index contributed by atoms with van der Waals surface area (Å²) in [7, 11) is 0. The van der Waals surface area contributed by atoms with E-state index in [-0.39, 0.29) is 12.5 Å². The van der Waals surface area contributed by atoms with Gasteiger partial charge in [0, 0.05) is 11.3 Å². The normalized spacial score (nSPS) is 13.9. The van der Waals surface area contributed by atoms with E-state index in [9.17, 15) is 9.90 Å². The second-order valence-electron chi connectivity index (χ2n) is 7.33. The van der Waals surface area contributed by atoms with Crippen molar-refractivity contribution < 1.29 is 9.90 Å². The van der Waals surface area contributed by atoms with Crippen LogP contribution in [0, 0.1) is 13.8 Å². The maximum atomic E-state index is 12.7. The number of amides is 1. The lowest BCUT2D eigenvalue weighted by Crippen LogP contribution is -2.46. The average Bonchev–Trinajstić information content (AvgIpc) is 3.09. The number of fused-ring (bicyclic) bond motifs is 1. The van der Waals surface area contributed by atoms with Crippen molar-refractivity contribution in [2.75, 3.05) is 6.61 Å². The molecule has 0 fully saturated rings. The predicted molar refractivity (Wildman–Crippen MR) is 93.7 cm³/mol. The van der Waals surface area contributed by atoms with Gasteiger partial charge >= 0.3 is 0 Å². The van der Waals surface area contributed by atoms with Crippen molar-refractivity contribution in [3.63, 3.8) is 0 Å². The Morgan fingerprint density at radius 2 is 2.08 bits per heavy atom. The number of nitrogens with zero attached hydrogens (tertiary/aromatic N) is 2. The lowest BCUT2D eigenvalue weighted by Gasteiger charge is -2.23. The van der Waals surface area contributed by atoms with Crippen molar-refractivity contribution in [2.45, 2.75) is 52.5 Å². The molecular weight excluding hydrogens is 302 g/mol. The van der Waals surface area contributed by atoms with Crippen LogP contribution in [0.5, 0.6) is 0 Å². The SMILES string of the molecule is Cc1ccc(-n2nc(C(=O)NC(C)(C)CO)c3c2CCC3)c(C)c1. The summed E-state index contributed by atoms with van der Waals surface area (Å²) in [6.45, 7) is 7.62. The van der Waals surface area contributed by atoms with E-state index in [0.29, 0.717) is 5.69 Å². The van der Waals surface area contributed by atoms with Crippen LogP contribution in [-0.2, 0) is 12.8 Å². The van der Waals surface area contributed by atoms with E-state index < -0.39 is 5.54 Å². The number of rotatable bonds is 4. The monoisotopic (exact) mass is 327 g/mol. The van der Waals surface area contributed by atoms with Crippen molar-refractivity contribution in [1.29, 1.82) is 0 Å². The summed E-state index contributed by atoms with van der Waals surface area (Å²) < 4.78 is 1.93. The number of benzene rings is 1. The lowest BCUT2D eigenvalue weighted by atomic mass is 10.1. The summed E-state index contributed by atoms with van der Waals surface area (Å²) >= 11 is 0. The number of hydrogen-bond donors (Lipinski definition) is 2. The maximum Gasteiger partial charge on any atom is 0.272 e. The number of aromatic nitrogens is 2. The molecule has 3 rings (SSSR count). The van der Waals surface area contributed by atoms with Crippen LogP contribution in [0.4, 0.5) is 0 Å². The van der Waals surface area contributed by atoms with Crippen molar-refractivity contribution >= 4 is 5.91 Å². The van der Waals surface area contributed by atoms with Gasteiger partial charge < -0.3 is 10.4 Å². The van der Waals surface area contributed by atoms with Crippen LogP contribution >= 0.6 is 0 Å². The zero-order chi connectivity index (χ0) is 17.5. The molecule has 0 bridgehead atoms. The highest BCUT2D eigenvalue weighted by Crippen LogP contribution is 2.29. The van der Waals surface area contributed by atoms with E-state index in [1.807, 2.05) is 4.68 Å². The van der Waals surface area contributed by atoms with E-state index in [2.05, 4.69) is 42.5 Å². The molecule has 1 aromatic heterocycles. The maximum absolute atomic E-state index is 12.7. The van der Waals surface area contributed by atoms with Crippen LogP contribution in [0.15, 0.2) is 18.2 Å². The Balaban J connectivity index is 2.03. The molecule has 1 aliphatic rings. The third kappa shape index (κ3) is 2.96. The molecule has 1 aliphatic carbocycles. The van der Waals surface area contributed by atoms with Crippen LogP contribution in [0.3, 0.4) is 0 Å². The summed E-state index contributed by atoms with van der Waals surface area (Å²) in [5, 5.41) is 16.9. The highest BCUT2D eigenvalue weighted by molar-refractivity contribution is 5.94. The number of hydrogen-bond acceptors (Lipinski definition) is 3. The first kappa shape index (κ1) is 16.7. The van der Waals surface area contributed by atoms with Gasteiger partial charge in [0.25, 0.3) is 5.91 Å². The highest BCUT2D eigenvalue weighted by atomic mass is 16.3. The van der Waals surface area contributed by atoms with Gasteiger partial charge in [-0.05, 0) is 58.6 Å². The van der Waals surface area contributed by atoms with Gasteiger partial charge in [-0.2, -0.15) is 5.10 Å². The third-order valence-electron chi connectivity index (χ3n) is 4.57. The zero-order valence-corrected chi connectivity index (χ0v) is 14.8. The first-order valence-corrected chi connectivity index (χ1v) is 8.44. The minimum atomic E-state index is -0.661. The number of nitrogens with one attached hydrogen (secondary N) is 1. The number of aliphatic hydroxyl groups is 1. The predicted octanol–water partition coefficient (Wildman–Crippen LogP) is 2.48. The van der Waals surface area contributed by atoms with E-state index >= 15 is 0 Å². The van der Waals surface area contributed by atoms with Gasteiger partial charge in [0.2, 0.25) is 0 Å². The Morgan fingerprint density at radius 1 is 1.33 bits per heavy atom. The van der Waals surface area contributed by atoms with Gasteiger partial charge in [-0.15, -0.1) is 0 Å². The Labute approximate surface area is 142 Å². The molecule has 5 nitrogen and oxygen atoms in total. The van der Waals surface area contributed by atoms with Gasteiger partial charge in [0.15, 0.2) is 5.69 Å². The Morgan fingerprint density at radius 3 is 2.75 bits per heavy atom. The molecule has 0 atom stereocenters.